The molecule has 10 heteroatoms. The highest BCUT2D eigenvalue weighted by atomic mass is 35.5. The molecular weight excluding hydrogens is 438 g/mol. The van der Waals surface area contributed by atoms with E-state index in [4.69, 9.17) is 21.1 Å². The topological polar surface area (TPSA) is 35.5 Å². The Balaban J connectivity index is 1.87. The van der Waals surface area contributed by atoms with Gasteiger partial charge < -0.3 is 9.47 Å². The fourth-order valence-corrected chi connectivity index (χ4v) is 3.16. The van der Waals surface area contributed by atoms with Crippen molar-refractivity contribution in [2.75, 3.05) is 6.61 Å². The van der Waals surface area contributed by atoms with Gasteiger partial charge in [-0.2, -0.15) is 26.3 Å². The van der Waals surface area contributed by atoms with Crippen LogP contribution in [-0.2, 0) is 23.8 Å². The van der Waals surface area contributed by atoms with Crippen molar-refractivity contribution in [1.29, 1.82) is 0 Å². The Kier molecular flexibility index (Phi) is 6.03. The second-order valence-electron chi connectivity index (χ2n) is 6.37. The van der Waals surface area contributed by atoms with Crippen molar-refractivity contribution in [3.8, 4) is 11.5 Å². The molecule has 1 aliphatic heterocycles. The molecule has 3 rings (SSSR count). The van der Waals surface area contributed by atoms with Crippen LogP contribution in [0, 0.1) is 0 Å². The predicted molar refractivity (Wildman–Crippen MR) is 96.2 cm³/mol. The third-order valence-electron chi connectivity index (χ3n) is 4.38. The summed E-state index contributed by atoms with van der Waals surface area (Å²) in [7, 11) is 0. The fourth-order valence-electron chi connectivity index (χ4n) is 2.86. The normalized spacial score (nSPS) is 14.6. The monoisotopic (exact) mass is 450 g/mol. The van der Waals surface area contributed by atoms with Gasteiger partial charge in [-0.25, -0.2) is 0 Å². The van der Waals surface area contributed by atoms with Gasteiger partial charge >= 0.3 is 12.4 Å². The highest BCUT2D eigenvalue weighted by Gasteiger charge is 2.38. The Morgan fingerprint density at radius 2 is 1.77 bits per heavy atom. The van der Waals surface area contributed by atoms with E-state index in [0.717, 1.165) is 6.07 Å². The number of fused-ring (bicyclic) bond motifs is 1. The number of rotatable bonds is 4. The number of aldehydes is 1. The van der Waals surface area contributed by atoms with Gasteiger partial charge in [0.05, 0.1) is 22.8 Å². The van der Waals surface area contributed by atoms with E-state index in [1.54, 1.807) is 0 Å². The molecule has 0 amide bonds. The van der Waals surface area contributed by atoms with Crippen LogP contribution in [-0.4, -0.2) is 12.9 Å². The van der Waals surface area contributed by atoms with E-state index in [1.807, 2.05) is 0 Å². The Morgan fingerprint density at radius 1 is 1.03 bits per heavy atom. The van der Waals surface area contributed by atoms with Gasteiger partial charge in [0.15, 0.2) is 0 Å². The molecule has 1 heterocycles. The number of alkyl halides is 6. The number of carbonyl (C=O) groups excluding carboxylic acids is 1. The third-order valence-corrected chi connectivity index (χ3v) is 4.83. The molecule has 0 radical (unpaired) electrons. The van der Waals surface area contributed by atoms with Gasteiger partial charge in [-0.05, 0) is 24.3 Å². The summed E-state index contributed by atoms with van der Waals surface area (Å²) in [5, 5.41) is 0.200. The van der Waals surface area contributed by atoms with Crippen LogP contribution in [0.4, 0.5) is 26.3 Å². The lowest BCUT2D eigenvalue weighted by Gasteiger charge is -2.17. The predicted octanol–water partition coefficient (Wildman–Crippen LogP) is 6.23. The highest BCUT2D eigenvalue weighted by Crippen LogP contribution is 2.39. The van der Waals surface area contributed by atoms with Crippen LogP contribution in [0.5, 0.6) is 11.5 Å². The first-order chi connectivity index (χ1) is 14.0. The lowest BCUT2D eigenvalue weighted by molar-refractivity contribution is -0.143. The summed E-state index contributed by atoms with van der Waals surface area (Å²) in [4.78, 5) is 11.1. The van der Waals surface area contributed by atoms with Crippen molar-refractivity contribution in [1.82, 2.24) is 0 Å². The maximum absolute atomic E-state index is 13.2. The standard InChI is InChI=1S/C20H13ClF6O3/c21-18-11(9-28)5-6-29-17-8-14(3-4-15(17)18)30-10-12-1-2-13(19(22,23)24)7-16(12)20(25,26)27/h1-4,7-9H,5-6,10H2. The summed E-state index contributed by atoms with van der Waals surface area (Å²) in [5.74, 6) is 0.401. The van der Waals surface area contributed by atoms with Crippen molar-refractivity contribution >= 4 is 22.9 Å². The molecule has 1 aliphatic rings. The Hall–Kier alpha value is -2.68. The zero-order valence-corrected chi connectivity index (χ0v) is 15.8. The minimum absolute atomic E-state index is 0.0599. The van der Waals surface area contributed by atoms with Gasteiger partial charge in [-0.3, -0.25) is 4.79 Å². The van der Waals surface area contributed by atoms with Crippen molar-refractivity contribution in [3.63, 3.8) is 0 Å². The minimum Gasteiger partial charge on any atom is -0.492 e. The smallest absolute Gasteiger partial charge is 0.416 e. The number of hydrogen-bond donors (Lipinski definition) is 0. The average molecular weight is 451 g/mol. The summed E-state index contributed by atoms with van der Waals surface area (Å²) in [5.41, 5.74) is -2.50. The molecule has 0 atom stereocenters. The van der Waals surface area contributed by atoms with Crippen molar-refractivity contribution in [3.05, 3.63) is 64.2 Å². The largest absolute Gasteiger partial charge is 0.492 e. The van der Waals surface area contributed by atoms with Crippen LogP contribution >= 0.6 is 11.6 Å². The molecule has 0 spiro atoms. The summed E-state index contributed by atoms with van der Waals surface area (Å²) in [6.07, 6.45) is -8.98. The summed E-state index contributed by atoms with van der Waals surface area (Å²) in [6, 6.07) is 5.66. The van der Waals surface area contributed by atoms with Gasteiger partial charge in [-0.15, -0.1) is 0 Å². The molecule has 3 nitrogen and oxygen atoms in total. The van der Waals surface area contributed by atoms with Gasteiger partial charge in [0.2, 0.25) is 0 Å². The van der Waals surface area contributed by atoms with E-state index in [9.17, 15) is 31.1 Å². The van der Waals surface area contributed by atoms with E-state index in [2.05, 4.69) is 0 Å². The molecule has 0 saturated carbocycles. The van der Waals surface area contributed by atoms with Crippen LogP contribution in [0.15, 0.2) is 42.0 Å². The molecule has 0 saturated heterocycles. The number of benzene rings is 2. The minimum atomic E-state index is -4.99. The average Bonchev–Trinajstić information content (AvgIpc) is 2.83. The number of ether oxygens (including phenoxy) is 2. The Bertz CT molecular complexity index is 995. The summed E-state index contributed by atoms with van der Waals surface area (Å²) < 4.78 is 88.9. The SMILES string of the molecule is O=CC1=C(Cl)c2ccc(OCc3ccc(C(F)(F)F)cc3C(F)(F)F)cc2OCC1. The molecule has 2 aromatic rings. The molecule has 2 aromatic carbocycles. The zero-order valence-electron chi connectivity index (χ0n) is 15.0. The van der Waals surface area contributed by atoms with Crippen molar-refractivity contribution in [2.45, 2.75) is 25.4 Å². The van der Waals surface area contributed by atoms with E-state index in [-0.39, 0.29) is 35.6 Å². The molecule has 0 aliphatic carbocycles. The van der Waals surface area contributed by atoms with Crippen LogP contribution in [0.3, 0.4) is 0 Å². The Labute approximate surface area is 171 Å². The lowest BCUT2D eigenvalue weighted by Crippen LogP contribution is -2.14. The third kappa shape index (κ3) is 4.72. The summed E-state index contributed by atoms with van der Waals surface area (Å²) >= 11 is 6.18. The first kappa shape index (κ1) is 22.0. The second-order valence-corrected chi connectivity index (χ2v) is 6.75. The molecule has 160 valence electrons. The van der Waals surface area contributed by atoms with E-state index in [1.165, 1.54) is 18.2 Å². The lowest BCUT2D eigenvalue weighted by atomic mass is 10.0. The maximum atomic E-state index is 13.2. The number of halogens is 7. The van der Waals surface area contributed by atoms with Crippen LogP contribution in [0.1, 0.15) is 28.7 Å². The molecule has 30 heavy (non-hydrogen) atoms. The van der Waals surface area contributed by atoms with Crippen LogP contribution in [0.25, 0.3) is 5.03 Å². The van der Waals surface area contributed by atoms with E-state index >= 15 is 0 Å². The highest BCUT2D eigenvalue weighted by molar-refractivity contribution is 6.50. The fraction of sp³-hybridized carbons (Fsp3) is 0.250. The summed E-state index contributed by atoms with van der Waals surface area (Å²) in [6.45, 7) is -0.452. The van der Waals surface area contributed by atoms with Gasteiger partial charge in [0.1, 0.15) is 24.4 Å². The molecule has 0 unspecified atom stereocenters. The van der Waals surface area contributed by atoms with Gasteiger partial charge in [0.25, 0.3) is 0 Å². The molecule has 0 aromatic heterocycles. The van der Waals surface area contributed by atoms with Crippen molar-refractivity contribution in [2.24, 2.45) is 0 Å². The van der Waals surface area contributed by atoms with Gasteiger partial charge in [-0.1, -0.05) is 17.7 Å². The molecule has 0 bridgehead atoms. The zero-order chi connectivity index (χ0) is 22.1. The number of hydrogen-bond acceptors (Lipinski definition) is 3. The Morgan fingerprint density at radius 3 is 2.40 bits per heavy atom. The van der Waals surface area contributed by atoms with E-state index in [0.29, 0.717) is 23.5 Å². The first-order valence-corrected chi connectivity index (χ1v) is 8.89. The maximum Gasteiger partial charge on any atom is 0.416 e. The van der Waals surface area contributed by atoms with Gasteiger partial charge in [0, 0.05) is 29.2 Å². The first-order valence-electron chi connectivity index (χ1n) is 8.52. The second kappa shape index (κ2) is 8.22. The van der Waals surface area contributed by atoms with Crippen LogP contribution < -0.4 is 9.47 Å². The molecule has 0 fully saturated rings. The quantitative estimate of drug-likeness (QED) is 0.409. The molecule has 0 N–H and O–H groups in total. The number of carbonyl (C=O) groups is 1. The van der Waals surface area contributed by atoms with Crippen molar-refractivity contribution < 1.29 is 40.6 Å². The molecular formula is C20H13ClF6O3. The van der Waals surface area contributed by atoms with Crippen LogP contribution in [0.2, 0.25) is 0 Å². The van der Waals surface area contributed by atoms with E-state index < -0.39 is 35.6 Å².